The summed E-state index contributed by atoms with van der Waals surface area (Å²) in [4.78, 5) is 16.7. The Hall–Kier alpha value is -0.970. The van der Waals surface area contributed by atoms with Crippen molar-refractivity contribution in [3.63, 3.8) is 0 Å². The number of nitrogens with zero attached hydrogens (tertiary/aromatic N) is 2. The quantitative estimate of drug-likeness (QED) is 0.894. The highest BCUT2D eigenvalue weighted by atomic mass is 35.5. The summed E-state index contributed by atoms with van der Waals surface area (Å²) >= 11 is 0. The first kappa shape index (κ1) is 22.0. The molecule has 0 aromatic heterocycles. The fourth-order valence-electron chi connectivity index (χ4n) is 2.82. The summed E-state index contributed by atoms with van der Waals surface area (Å²) in [5.41, 5.74) is 1.94. The Bertz CT molecular complexity index is 479. The number of amides is 1. The third-order valence-corrected chi connectivity index (χ3v) is 3.96. The minimum absolute atomic E-state index is 0. The minimum atomic E-state index is 0. The van der Waals surface area contributed by atoms with E-state index < -0.39 is 0 Å². The second-order valence-electron chi connectivity index (χ2n) is 6.37. The van der Waals surface area contributed by atoms with Gasteiger partial charge in [0.25, 0.3) is 5.91 Å². The Labute approximate surface area is 152 Å². The van der Waals surface area contributed by atoms with Crippen LogP contribution in [0.3, 0.4) is 0 Å². The summed E-state index contributed by atoms with van der Waals surface area (Å²) in [5, 5.41) is 3.31. The number of carbonyl (C=O) groups excluding carboxylic acids is 1. The highest BCUT2D eigenvalue weighted by Gasteiger charge is 2.23. The van der Waals surface area contributed by atoms with Gasteiger partial charge in [0.1, 0.15) is 0 Å². The molecule has 0 bridgehead atoms. The van der Waals surface area contributed by atoms with Crippen LogP contribution in [0.1, 0.15) is 31.1 Å². The smallest absolute Gasteiger partial charge is 0.254 e. The molecule has 23 heavy (non-hydrogen) atoms. The molecule has 0 radical (unpaired) electrons. The molecule has 1 aliphatic rings. The average molecular weight is 362 g/mol. The van der Waals surface area contributed by atoms with Crippen LogP contribution in [0.5, 0.6) is 0 Å². The van der Waals surface area contributed by atoms with Crippen LogP contribution < -0.4 is 10.2 Å². The Morgan fingerprint density at radius 1 is 1.30 bits per heavy atom. The standard InChI is InChI=1S/C17H27N3O.2ClH/c1-13(2)12-19(4)16-7-5-15(6-8-16)17(21)20-10-9-18-11-14(20)3;;/h5-8,13-14,18H,9-12H2,1-4H3;2*1H/t14-;;/m0../s1. The third kappa shape index (κ3) is 5.87. The zero-order valence-corrected chi connectivity index (χ0v) is 16.0. The van der Waals surface area contributed by atoms with Crippen LogP contribution in [0.25, 0.3) is 0 Å². The first-order valence-corrected chi connectivity index (χ1v) is 7.82. The molecule has 1 heterocycles. The highest BCUT2D eigenvalue weighted by molar-refractivity contribution is 5.94. The van der Waals surface area contributed by atoms with Crippen molar-refractivity contribution in [2.24, 2.45) is 5.92 Å². The van der Waals surface area contributed by atoms with Gasteiger partial charge in [0.15, 0.2) is 0 Å². The number of hydrogen-bond acceptors (Lipinski definition) is 3. The highest BCUT2D eigenvalue weighted by Crippen LogP contribution is 2.17. The number of halogens is 2. The lowest BCUT2D eigenvalue weighted by Crippen LogP contribution is -2.52. The van der Waals surface area contributed by atoms with Crippen LogP contribution in [0, 0.1) is 5.92 Å². The second-order valence-corrected chi connectivity index (χ2v) is 6.37. The van der Waals surface area contributed by atoms with E-state index in [9.17, 15) is 4.79 Å². The van der Waals surface area contributed by atoms with Crippen molar-refractivity contribution >= 4 is 36.4 Å². The number of hydrogen-bond donors (Lipinski definition) is 1. The van der Waals surface area contributed by atoms with E-state index in [0.717, 1.165) is 37.4 Å². The lowest BCUT2D eigenvalue weighted by molar-refractivity contribution is 0.0656. The van der Waals surface area contributed by atoms with E-state index in [1.807, 2.05) is 29.2 Å². The largest absolute Gasteiger partial charge is 0.374 e. The monoisotopic (exact) mass is 361 g/mol. The molecule has 1 amide bonds. The van der Waals surface area contributed by atoms with Crippen molar-refractivity contribution in [3.8, 4) is 0 Å². The molecule has 132 valence electrons. The molecule has 1 aromatic rings. The van der Waals surface area contributed by atoms with E-state index in [1.165, 1.54) is 0 Å². The van der Waals surface area contributed by atoms with Crippen LogP contribution >= 0.6 is 24.8 Å². The summed E-state index contributed by atoms with van der Waals surface area (Å²) in [6.07, 6.45) is 0. The maximum atomic E-state index is 12.6. The zero-order valence-electron chi connectivity index (χ0n) is 14.4. The van der Waals surface area contributed by atoms with Gasteiger partial charge in [-0.1, -0.05) is 13.8 Å². The van der Waals surface area contributed by atoms with Gasteiger partial charge in [-0.2, -0.15) is 0 Å². The molecule has 1 aliphatic heterocycles. The van der Waals surface area contributed by atoms with Gasteiger partial charge in [0.2, 0.25) is 0 Å². The fourth-order valence-corrected chi connectivity index (χ4v) is 2.82. The van der Waals surface area contributed by atoms with Gasteiger partial charge in [-0.15, -0.1) is 24.8 Å². The van der Waals surface area contributed by atoms with Gasteiger partial charge in [-0.05, 0) is 37.1 Å². The van der Waals surface area contributed by atoms with Gasteiger partial charge >= 0.3 is 0 Å². The first-order valence-electron chi connectivity index (χ1n) is 7.82. The van der Waals surface area contributed by atoms with E-state index in [2.05, 4.69) is 38.0 Å². The fraction of sp³-hybridized carbons (Fsp3) is 0.588. The van der Waals surface area contributed by atoms with Crippen LogP contribution in [0.15, 0.2) is 24.3 Å². The van der Waals surface area contributed by atoms with Crippen LogP contribution in [-0.2, 0) is 0 Å². The number of piperazine rings is 1. The maximum Gasteiger partial charge on any atom is 0.254 e. The van der Waals surface area contributed by atoms with Crippen molar-refractivity contribution in [1.29, 1.82) is 0 Å². The molecule has 0 saturated carbocycles. The molecule has 1 atom stereocenters. The maximum absolute atomic E-state index is 12.6. The SMILES string of the molecule is CC(C)CN(C)c1ccc(C(=O)N2CCNC[C@@H]2C)cc1.Cl.Cl. The molecule has 1 aromatic carbocycles. The zero-order chi connectivity index (χ0) is 15.4. The van der Waals surface area contributed by atoms with E-state index in [-0.39, 0.29) is 36.8 Å². The molecule has 0 unspecified atom stereocenters. The number of nitrogens with one attached hydrogen (secondary N) is 1. The summed E-state index contributed by atoms with van der Waals surface area (Å²) in [7, 11) is 2.09. The van der Waals surface area contributed by atoms with Gasteiger partial charge in [0.05, 0.1) is 0 Å². The molecule has 0 spiro atoms. The molecule has 1 saturated heterocycles. The molecular formula is C17H29Cl2N3O. The molecule has 4 nitrogen and oxygen atoms in total. The van der Waals surface area contributed by atoms with E-state index in [4.69, 9.17) is 0 Å². The van der Waals surface area contributed by atoms with Gasteiger partial charge in [0, 0.05) is 50.5 Å². The Kier molecular flexibility index (Phi) is 9.59. The van der Waals surface area contributed by atoms with Crippen molar-refractivity contribution < 1.29 is 4.79 Å². The number of benzene rings is 1. The second kappa shape index (κ2) is 10.0. The Morgan fingerprint density at radius 3 is 2.43 bits per heavy atom. The van der Waals surface area contributed by atoms with Crippen LogP contribution in [0.4, 0.5) is 5.69 Å². The first-order chi connectivity index (χ1) is 9.99. The van der Waals surface area contributed by atoms with Crippen molar-refractivity contribution in [2.75, 3.05) is 38.1 Å². The van der Waals surface area contributed by atoms with E-state index in [1.54, 1.807) is 0 Å². The van der Waals surface area contributed by atoms with Gasteiger partial charge in [-0.25, -0.2) is 0 Å². The van der Waals surface area contributed by atoms with E-state index >= 15 is 0 Å². The van der Waals surface area contributed by atoms with Gasteiger partial charge in [-0.3, -0.25) is 4.79 Å². The van der Waals surface area contributed by atoms with Crippen LogP contribution in [-0.4, -0.2) is 50.1 Å². The summed E-state index contributed by atoms with van der Waals surface area (Å²) < 4.78 is 0. The van der Waals surface area contributed by atoms with Gasteiger partial charge < -0.3 is 15.1 Å². The topological polar surface area (TPSA) is 35.6 Å². The molecule has 1 N–H and O–H groups in total. The molecule has 1 fully saturated rings. The average Bonchev–Trinajstić information content (AvgIpc) is 2.46. The van der Waals surface area contributed by atoms with E-state index in [0.29, 0.717) is 5.92 Å². The lowest BCUT2D eigenvalue weighted by atomic mass is 10.1. The molecular weight excluding hydrogens is 333 g/mol. The normalized spacial score (nSPS) is 17.3. The molecule has 2 rings (SSSR count). The van der Waals surface area contributed by atoms with Crippen LogP contribution in [0.2, 0.25) is 0 Å². The number of rotatable bonds is 4. The predicted octanol–water partition coefficient (Wildman–Crippen LogP) is 3.06. The minimum Gasteiger partial charge on any atom is -0.374 e. The third-order valence-electron chi connectivity index (χ3n) is 3.96. The summed E-state index contributed by atoms with van der Waals surface area (Å²) in [6.45, 7) is 10.1. The Morgan fingerprint density at radius 2 is 1.91 bits per heavy atom. The van der Waals surface area contributed by atoms with Crippen molar-refractivity contribution in [3.05, 3.63) is 29.8 Å². The molecule has 6 heteroatoms. The number of anilines is 1. The summed E-state index contributed by atoms with van der Waals surface area (Å²) in [5.74, 6) is 0.764. The number of carbonyl (C=O) groups is 1. The summed E-state index contributed by atoms with van der Waals surface area (Å²) in [6, 6.07) is 8.24. The lowest BCUT2D eigenvalue weighted by Gasteiger charge is -2.34. The molecule has 0 aliphatic carbocycles. The van der Waals surface area contributed by atoms with Crippen molar-refractivity contribution in [2.45, 2.75) is 26.8 Å². The predicted molar refractivity (Wildman–Crippen MR) is 102 cm³/mol. The van der Waals surface area contributed by atoms with Crippen molar-refractivity contribution in [1.82, 2.24) is 10.2 Å². The Balaban J connectivity index is 0.00000242.